The third-order valence-corrected chi connectivity index (χ3v) is 7.36. The van der Waals surface area contributed by atoms with Crippen LogP contribution >= 0.6 is 34.3 Å². The van der Waals surface area contributed by atoms with Crippen molar-refractivity contribution in [2.45, 2.75) is 24.1 Å². The van der Waals surface area contributed by atoms with Gasteiger partial charge < -0.3 is 5.32 Å². The van der Waals surface area contributed by atoms with Gasteiger partial charge in [0.15, 0.2) is 0 Å². The smallest absolute Gasteiger partial charge is 0.250 e. The molecule has 0 fully saturated rings. The van der Waals surface area contributed by atoms with Crippen molar-refractivity contribution in [1.82, 2.24) is 10.0 Å². The summed E-state index contributed by atoms with van der Waals surface area (Å²) < 4.78 is 28.2. The highest BCUT2D eigenvalue weighted by Gasteiger charge is 2.18. The maximum Gasteiger partial charge on any atom is 0.250 e. The van der Waals surface area contributed by atoms with Gasteiger partial charge in [0.05, 0.1) is 4.34 Å². The van der Waals surface area contributed by atoms with Crippen LogP contribution in [0.5, 0.6) is 0 Å². The first-order valence-corrected chi connectivity index (χ1v) is 9.89. The van der Waals surface area contributed by atoms with Crippen LogP contribution in [0.15, 0.2) is 22.4 Å². The first-order valence-electron chi connectivity index (χ1n) is 6.40. The van der Waals surface area contributed by atoms with Crippen molar-refractivity contribution in [2.24, 2.45) is 0 Å². The Morgan fingerprint density at radius 2 is 2.05 bits per heavy atom. The van der Waals surface area contributed by atoms with E-state index >= 15 is 0 Å². The van der Waals surface area contributed by atoms with Crippen molar-refractivity contribution >= 4 is 44.3 Å². The molecule has 0 bridgehead atoms. The second kappa shape index (κ2) is 7.21. The lowest BCUT2D eigenvalue weighted by Gasteiger charge is -2.03. The first-order chi connectivity index (χ1) is 9.92. The van der Waals surface area contributed by atoms with E-state index in [9.17, 15) is 8.42 Å². The van der Waals surface area contributed by atoms with E-state index < -0.39 is 10.0 Å². The molecule has 0 amide bonds. The Labute approximate surface area is 138 Å². The Bertz CT molecular complexity index is 707. The van der Waals surface area contributed by atoms with E-state index in [1.807, 2.05) is 26.1 Å². The van der Waals surface area contributed by atoms with Crippen molar-refractivity contribution in [1.29, 1.82) is 0 Å². The van der Waals surface area contributed by atoms with Crippen LogP contribution in [0.3, 0.4) is 0 Å². The molecule has 0 aliphatic heterocycles. The number of halogens is 1. The van der Waals surface area contributed by atoms with E-state index in [1.54, 1.807) is 6.07 Å². The summed E-state index contributed by atoms with van der Waals surface area (Å²) in [5, 5.41) is 3.04. The van der Waals surface area contributed by atoms with Crippen LogP contribution in [0.4, 0.5) is 0 Å². The highest BCUT2D eigenvalue weighted by atomic mass is 35.5. The third-order valence-electron chi connectivity index (χ3n) is 2.89. The molecule has 0 unspecified atom stereocenters. The Hall–Kier alpha value is -0.440. The molecule has 2 N–H and O–H groups in total. The molecule has 0 aromatic carbocycles. The molecule has 2 aromatic heterocycles. The molecule has 0 atom stereocenters. The number of hydrogen-bond donors (Lipinski definition) is 2. The first kappa shape index (κ1) is 16.9. The van der Waals surface area contributed by atoms with E-state index in [0.29, 0.717) is 23.7 Å². The SMILES string of the molecule is CNCc1sc(S(=O)(=O)NCCc2ccc(Cl)s2)cc1C. The van der Waals surface area contributed by atoms with Crippen molar-refractivity contribution < 1.29 is 8.42 Å². The lowest BCUT2D eigenvalue weighted by molar-refractivity contribution is 0.584. The zero-order chi connectivity index (χ0) is 15.5. The van der Waals surface area contributed by atoms with E-state index in [-0.39, 0.29) is 0 Å². The molecule has 2 rings (SSSR count). The summed E-state index contributed by atoms with van der Waals surface area (Å²) >= 11 is 8.63. The third kappa shape index (κ3) is 4.51. The Morgan fingerprint density at radius 3 is 2.67 bits per heavy atom. The number of thiophene rings is 2. The molecular weight excluding hydrogens is 348 g/mol. The van der Waals surface area contributed by atoms with Crippen LogP contribution in [0.2, 0.25) is 4.34 Å². The van der Waals surface area contributed by atoms with Gasteiger partial charge in [-0.05, 0) is 44.2 Å². The summed E-state index contributed by atoms with van der Waals surface area (Å²) in [6.45, 7) is 2.98. The van der Waals surface area contributed by atoms with E-state index in [4.69, 9.17) is 11.6 Å². The summed E-state index contributed by atoms with van der Waals surface area (Å²) in [5.74, 6) is 0. The predicted molar refractivity (Wildman–Crippen MR) is 90.0 cm³/mol. The van der Waals surface area contributed by atoms with Gasteiger partial charge in [0.2, 0.25) is 10.0 Å². The van der Waals surface area contributed by atoms with E-state index in [1.165, 1.54) is 22.7 Å². The number of sulfonamides is 1. The number of aryl methyl sites for hydroxylation is 1. The normalized spacial score (nSPS) is 12.0. The average molecular weight is 365 g/mol. The second-order valence-corrected chi connectivity index (χ2v) is 9.49. The second-order valence-electron chi connectivity index (χ2n) is 4.56. The summed E-state index contributed by atoms with van der Waals surface area (Å²) in [6, 6.07) is 5.46. The zero-order valence-electron chi connectivity index (χ0n) is 11.8. The molecule has 0 radical (unpaired) electrons. The Kier molecular flexibility index (Phi) is 5.81. The molecular formula is C13H17ClN2O2S3. The molecule has 21 heavy (non-hydrogen) atoms. The van der Waals surface area contributed by atoms with Crippen molar-refractivity contribution in [3.63, 3.8) is 0 Å². The van der Waals surface area contributed by atoms with Crippen LogP contribution in [-0.2, 0) is 23.0 Å². The van der Waals surface area contributed by atoms with Gasteiger partial charge >= 0.3 is 0 Å². The topological polar surface area (TPSA) is 58.2 Å². The number of nitrogens with one attached hydrogen (secondary N) is 2. The fourth-order valence-electron chi connectivity index (χ4n) is 1.82. The Morgan fingerprint density at radius 1 is 1.29 bits per heavy atom. The lowest BCUT2D eigenvalue weighted by Crippen LogP contribution is -2.25. The lowest BCUT2D eigenvalue weighted by atomic mass is 10.3. The molecule has 0 aliphatic rings. The largest absolute Gasteiger partial charge is 0.315 e. The Balaban J connectivity index is 1.99. The van der Waals surface area contributed by atoms with Crippen LogP contribution in [0, 0.1) is 6.92 Å². The molecule has 116 valence electrons. The van der Waals surface area contributed by atoms with Gasteiger partial charge in [0.1, 0.15) is 4.21 Å². The summed E-state index contributed by atoms with van der Waals surface area (Å²) in [5.41, 5.74) is 1.000. The van der Waals surface area contributed by atoms with Gasteiger partial charge in [-0.3, -0.25) is 0 Å². The molecule has 0 spiro atoms. The van der Waals surface area contributed by atoms with Gasteiger partial charge in [-0.15, -0.1) is 22.7 Å². The fraction of sp³-hybridized carbons (Fsp3) is 0.385. The number of hydrogen-bond acceptors (Lipinski definition) is 5. The minimum Gasteiger partial charge on any atom is -0.315 e. The summed E-state index contributed by atoms with van der Waals surface area (Å²) in [4.78, 5) is 2.11. The van der Waals surface area contributed by atoms with Crippen LogP contribution in [0.1, 0.15) is 15.3 Å². The standard InChI is InChI=1S/C13H17ClN2O2S3/c1-9-7-13(20-11(9)8-15-2)21(17,18)16-6-5-10-3-4-12(14)19-10/h3-4,7,15-16H,5-6,8H2,1-2H3. The van der Waals surface area contributed by atoms with E-state index in [2.05, 4.69) is 10.0 Å². The highest BCUT2D eigenvalue weighted by Crippen LogP contribution is 2.26. The van der Waals surface area contributed by atoms with Crippen LogP contribution < -0.4 is 10.0 Å². The van der Waals surface area contributed by atoms with Gasteiger partial charge in [0, 0.05) is 22.8 Å². The molecule has 0 aliphatic carbocycles. The highest BCUT2D eigenvalue weighted by molar-refractivity contribution is 7.91. The minimum atomic E-state index is -3.43. The van der Waals surface area contributed by atoms with Crippen molar-refractivity contribution in [3.8, 4) is 0 Å². The van der Waals surface area contributed by atoms with Gasteiger partial charge in [-0.1, -0.05) is 11.6 Å². The molecule has 2 aromatic rings. The summed E-state index contributed by atoms with van der Waals surface area (Å²) in [7, 11) is -1.59. The molecule has 0 saturated carbocycles. The van der Waals surface area contributed by atoms with Gasteiger partial charge in [-0.25, -0.2) is 13.1 Å². The number of rotatable bonds is 7. The zero-order valence-corrected chi connectivity index (χ0v) is 15.0. The molecule has 0 saturated heterocycles. The minimum absolute atomic E-state index is 0.370. The predicted octanol–water partition coefficient (Wildman–Crippen LogP) is 3.01. The van der Waals surface area contributed by atoms with Gasteiger partial charge in [0.25, 0.3) is 0 Å². The molecule has 8 heteroatoms. The molecule has 4 nitrogen and oxygen atoms in total. The quantitative estimate of drug-likeness (QED) is 0.794. The monoisotopic (exact) mass is 364 g/mol. The van der Waals surface area contributed by atoms with Crippen LogP contribution in [-0.4, -0.2) is 22.0 Å². The van der Waals surface area contributed by atoms with Gasteiger partial charge in [-0.2, -0.15) is 0 Å². The molecule has 2 heterocycles. The van der Waals surface area contributed by atoms with E-state index in [0.717, 1.165) is 19.7 Å². The van der Waals surface area contributed by atoms with Crippen molar-refractivity contribution in [3.05, 3.63) is 37.9 Å². The van der Waals surface area contributed by atoms with Crippen LogP contribution in [0.25, 0.3) is 0 Å². The average Bonchev–Trinajstić information content (AvgIpc) is 2.98. The fourth-order valence-corrected chi connectivity index (χ4v) is 5.59. The summed E-state index contributed by atoms with van der Waals surface area (Å²) in [6.07, 6.45) is 0.643. The maximum atomic E-state index is 12.3. The van der Waals surface area contributed by atoms with Crippen molar-refractivity contribution in [2.75, 3.05) is 13.6 Å². The maximum absolute atomic E-state index is 12.3.